The van der Waals surface area contributed by atoms with Gasteiger partial charge in [-0.3, -0.25) is 4.99 Å². The lowest BCUT2D eigenvalue weighted by atomic mass is 10.2. The van der Waals surface area contributed by atoms with Crippen LogP contribution >= 0.6 is 24.0 Å². The minimum Gasteiger partial charge on any atom is -0.494 e. The molecule has 128 valence electrons. The third kappa shape index (κ3) is 7.24. The van der Waals surface area contributed by atoms with Gasteiger partial charge in [-0.15, -0.1) is 24.0 Å². The summed E-state index contributed by atoms with van der Waals surface area (Å²) < 4.78 is 5.75. The molecule has 0 bridgehead atoms. The van der Waals surface area contributed by atoms with Crippen LogP contribution in [0.4, 0.5) is 0 Å². The molecule has 0 aromatic heterocycles. The maximum Gasteiger partial charge on any atom is 0.191 e. The normalized spacial score (nSPS) is 14.4. The molecule has 0 saturated carbocycles. The van der Waals surface area contributed by atoms with Gasteiger partial charge in [-0.25, -0.2) is 0 Å². The number of guanidine groups is 1. The number of rotatable bonds is 7. The minimum absolute atomic E-state index is 0. The van der Waals surface area contributed by atoms with Crippen LogP contribution in [0.1, 0.15) is 38.2 Å². The lowest BCUT2D eigenvalue weighted by Crippen LogP contribution is -2.42. The van der Waals surface area contributed by atoms with Crippen molar-refractivity contribution in [1.82, 2.24) is 10.6 Å². The Morgan fingerprint density at radius 1 is 1.30 bits per heavy atom. The highest BCUT2D eigenvalue weighted by Gasteiger charge is 2.11. The van der Waals surface area contributed by atoms with Gasteiger partial charge in [-0.2, -0.15) is 0 Å². The molecule has 0 heterocycles. The highest BCUT2D eigenvalue weighted by Crippen LogP contribution is 2.14. The Balaban J connectivity index is 0.00000264. The van der Waals surface area contributed by atoms with E-state index >= 15 is 0 Å². The van der Waals surface area contributed by atoms with Crippen LogP contribution in [0.15, 0.2) is 41.4 Å². The third-order valence-electron chi connectivity index (χ3n) is 3.70. The van der Waals surface area contributed by atoms with Crippen LogP contribution in [-0.4, -0.2) is 25.7 Å². The van der Waals surface area contributed by atoms with E-state index in [1.807, 2.05) is 19.2 Å². The van der Waals surface area contributed by atoms with Crippen LogP contribution < -0.4 is 15.4 Å². The van der Waals surface area contributed by atoms with E-state index in [4.69, 9.17) is 4.74 Å². The average Bonchev–Trinajstić information content (AvgIpc) is 3.05. The van der Waals surface area contributed by atoms with Gasteiger partial charge in [0.2, 0.25) is 0 Å². The molecule has 0 amide bonds. The Morgan fingerprint density at radius 3 is 2.78 bits per heavy atom. The number of hydrogen-bond donors (Lipinski definition) is 2. The third-order valence-corrected chi connectivity index (χ3v) is 3.70. The van der Waals surface area contributed by atoms with E-state index in [0.29, 0.717) is 6.04 Å². The molecule has 0 radical (unpaired) electrons. The molecule has 1 aliphatic rings. The van der Waals surface area contributed by atoms with Gasteiger partial charge in [-0.1, -0.05) is 37.6 Å². The first-order valence-electron chi connectivity index (χ1n) is 8.15. The number of hydrogen-bond acceptors (Lipinski definition) is 2. The van der Waals surface area contributed by atoms with E-state index in [1.54, 1.807) is 0 Å². The molecule has 0 unspecified atom stereocenters. The van der Waals surface area contributed by atoms with Gasteiger partial charge in [-0.05, 0) is 37.0 Å². The predicted octanol–water partition coefficient (Wildman–Crippen LogP) is 3.87. The molecule has 4 nitrogen and oxygen atoms in total. The van der Waals surface area contributed by atoms with Crippen LogP contribution in [0.3, 0.4) is 0 Å². The second kappa shape index (κ2) is 11.3. The molecule has 23 heavy (non-hydrogen) atoms. The molecule has 0 fully saturated rings. The number of ether oxygens (including phenoxy) is 1. The van der Waals surface area contributed by atoms with Crippen LogP contribution in [0, 0.1) is 0 Å². The van der Waals surface area contributed by atoms with Gasteiger partial charge < -0.3 is 15.4 Å². The number of unbranched alkanes of at least 4 members (excludes halogenated alkanes) is 1. The van der Waals surface area contributed by atoms with Gasteiger partial charge in [0.25, 0.3) is 0 Å². The van der Waals surface area contributed by atoms with Crippen LogP contribution in [0.25, 0.3) is 0 Å². The van der Waals surface area contributed by atoms with Gasteiger partial charge >= 0.3 is 0 Å². The summed E-state index contributed by atoms with van der Waals surface area (Å²) in [5.74, 6) is 1.79. The number of aliphatic imine (C=N–C) groups is 1. The van der Waals surface area contributed by atoms with Crippen LogP contribution in [0.5, 0.6) is 5.75 Å². The van der Waals surface area contributed by atoms with Crippen molar-refractivity contribution in [3.63, 3.8) is 0 Å². The molecule has 0 aliphatic heterocycles. The van der Waals surface area contributed by atoms with Crippen molar-refractivity contribution in [3.8, 4) is 5.75 Å². The average molecular weight is 429 g/mol. The van der Waals surface area contributed by atoms with Crippen molar-refractivity contribution in [2.45, 2.75) is 45.2 Å². The van der Waals surface area contributed by atoms with Gasteiger partial charge in [0.1, 0.15) is 5.75 Å². The topological polar surface area (TPSA) is 45.6 Å². The molecule has 2 N–H and O–H groups in total. The van der Waals surface area contributed by atoms with E-state index in [-0.39, 0.29) is 24.0 Å². The summed E-state index contributed by atoms with van der Waals surface area (Å²) in [6, 6.07) is 8.71. The molecular weight excluding hydrogens is 401 g/mol. The van der Waals surface area contributed by atoms with Crippen LogP contribution in [0.2, 0.25) is 0 Å². The Labute approximate surface area is 156 Å². The highest BCUT2D eigenvalue weighted by atomic mass is 127. The molecule has 0 spiro atoms. The zero-order valence-corrected chi connectivity index (χ0v) is 16.4. The van der Waals surface area contributed by atoms with Crippen molar-refractivity contribution in [3.05, 3.63) is 42.0 Å². The number of halogens is 1. The molecule has 2 rings (SSSR count). The standard InChI is InChI=1S/C18H27N3O.HI/c1-3-4-12-22-17-11-7-8-15(13-17)14-20-18(19-2)21-16-9-5-6-10-16;/h5-8,11,13,16H,3-4,9-10,12,14H2,1-2H3,(H2,19,20,21);1H. The highest BCUT2D eigenvalue weighted by molar-refractivity contribution is 14.0. The van der Waals surface area contributed by atoms with Crippen LogP contribution in [-0.2, 0) is 6.54 Å². The van der Waals surface area contributed by atoms with E-state index in [2.05, 4.69) is 46.8 Å². The maximum atomic E-state index is 5.75. The lowest BCUT2D eigenvalue weighted by molar-refractivity contribution is 0.309. The first-order chi connectivity index (χ1) is 10.8. The zero-order chi connectivity index (χ0) is 15.6. The molecule has 0 saturated heterocycles. The van der Waals surface area contributed by atoms with E-state index in [9.17, 15) is 0 Å². The first kappa shape index (κ1) is 19.8. The Kier molecular flexibility index (Phi) is 9.75. The van der Waals surface area contributed by atoms with Crippen molar-refractivity contribution < 1.29 is 4.74 Å². The molecule has 5 heteroatoms. The maximum absolute atomic E-state index is 5.75. The van der Waals surface area contributed by atoms with E-state index in [1.165, 1.54) is 5.56 Å². The largest absolute Gasteiger partial charge is 0.494 e. The molecule has 1 aliphatic carbocycles. The second-order valence-electron chi connectivity index (χ2n) is 5.56. The van der Waals surface area contributed by atoms with Crippen molar-refractivity contribution in [1.29, 1.82) is 0 Å². The van der Waals surface area contributed by atoms with E-state index < -0.39 is 0 Å². The Morgan fingerprint density at radius 2 is 2.09 bits per heavy atom. The number of nitrogens with one attached hydrogen (secondary N) is 2. The summed E-state index contributed by atoms with van der Waals surface area (Å²) in [4.78, 5) is 4.29. The van der Waals surface area contributed by atoms with E-state index in [0.717, 1.165) is 50.5 Å². The first-order valence-corrected chi connectivity index (χ1v) is 8.15. The SMILES string of the molecule is CCCCOc1cccc(CNC(=NC)NC2CC=CC2)c1.I. The minimum atomic E-state index is 0. The molecule has 1 aromatic carbocycles. The smallest absolute Gasteiger partial charge is 0.191 e. The lowest BCUT2D eigenvalue weighted by Gasteiger charge is -2.17. The van der Waals surface area contributed by atoms with Crippen molar-refractivity contribution in [2.24, 2.45) is 4.99 Å². The quantitative estimate of drug-likeness (QED) is 0.228. The second-order valence-corrected chi connectivity index (χ2v) is 5.56. The number of benzene rings is 1. The summed E-state index contributed by atoms with van der Waals surface area (Å²) >= 11 is 0. The fourth-order valence-corrected chi connectivity index (χ4v) is 2.39. The Hall–Kier alpha value is -1.24. The predicted molar refractivity (Wildman–Crippen MR) is 108 cm³/mol. The molecule has 1 aromatic rings. The fraction of sp³-hybridized carbons (Fsp3) is 0.500. The summed E-state index contributed by atoms with van der Waals surface area (Å²) in [6.07, 6.45) is 8.81. The van der Waals surface area contributed by atoms with Gasteiger partial charge in [0, 0.05) is 19.6 Å². The summed E-state index contributed by atoms with van der Waals surface area (Å²) in [5, 5.41) is 6.80. The Bertz CT molecular complexity index is 509. The monoisotopic (exact) mass is 429 g/mol. The van der Waals surface area contributed by atoms with Gasteiger partial charge in [0.15, 0.2) is 5.96 Å². The van der Waals surface area contributed by atoms with Gasteiger partial charge in [0.05, 0.1) is 6.61 Å². The fourth-order valence-electron chi connectivity index (χ4n) is 2.39. The zero-order valence-electron chi connectivity index (χ0n) is 14.0. The van der Waals surface area contributed by atoms with Crippen molar-refractivity contribution >= 4 is 29.9 Å². The van der Waals surface area contributed by atoms with Crippen molar-refractivity contribution in [2.75, 3.05) is 13.7 Å². The summed E-state index contributed by atoms with van der Waals surface area (Å²) in [7, 11) is 1.81. The summed E-state index contributed by atoms with van der Waals surface area (Å²) in [5.41, 5.74) is 1.20. The number of nitrogens with zero attached hydrogens (tertiary/aromatic N) is 1. The summed E-state index contributed by atoms with van der Waals surface area (Å²) in [6.45, 7) is 3.69. The molecular formula is C18H28IN3O. The molecule has 0 atom stereocenters.